The lowest BCUT2D eigenvalue weighted by atomic mass is 10.00. The first kappa shape index (κ1) is 37.9. The fourth-order valence-corrected chi connectivity index (χ4v) is 7.03. The number of rotatable bonds is 13. The van der Waals surface area contributed by atoms with Crippen LogP contribution in [-0.2, 0) is 32.6 Å². The third kappa shape index (κ3) is 9.19. The summed E-state index contributed by atoms with van der Waals surface area (Å²) in [7, 11) is -3.34. The number of nitro groups is 1. The van der Waals surface area contributed by atoms with Crippen molar-refractivity contribution in [3.05, 3.63) is 128 Å². The first-order valence-electron chi connectivity index (χ1n) is 15.8. The Morgan fingerprint density at radius 3 is 2.22 bits per heavy atom. The fourth-order valence-electron chi connectivity index (χ4n) is 5.42. The molecule has 4 rings (SSSR count). The Balaban J connectivity index is 1.91. The number of sulfonamides is 1. The van der Waals surface area contributed by atoms with Gasteiger partial charge in [0.05, 0.1) is 22.6 Å². The lowest BCUT2D eigenvalue weighted by Crippen LogP contribution is -2.56. The van der Waals surface area contributed by atoms with E-state index in [4.69, 9.17) is 16.3 Å². The molecule has 0 bridgehead atoms. The number of halogens is 1. The average Bonchev–Trinajstić information content (AvgIpc) is 3.05. The van der Waals surface area contributed by atoms with Crippen molar-refractivity contribution in [1.29, 1.82) is 0 Å². The molecule has 1 N–H and O–H groups in total. The molecule has 0 aromatic heterocycles. The molecular weight excluding hydrogens is 680 g/mol. The number of methoxy groups -OCH3 is 1. The van der Waals surface area contributed by atoms with Gasteiger partial charge in [-0.2, -0.15) is 0 Å². The zero-order chi connectivity index (χ0) is 36.8. The Bertz CT molecular complexity index is 1980. The third-order valence-corrected chi connectivity index (χ3v) is 10.0. The molecule has 2 amide bonds. The van der Waals surface area contributed by atoms with Crippen molar-refractivity contribution >= 4 is 44.8 Å². The number of hydrogen-bond donors (Lipinski definition) is 1. The smallest absolute Gasteiger partial charge is 0.273 e. The van der Waals surface area contributed by atoms with Gasteiger partial charge in [-0.1, -0.05) is 72.3 Å². The summed E-state index contributed by atoms with van der Waals surface area (Å²) in [5.41, 5.74) is 1.56. The molecule has 13 heteroatoms. The second-order valence-electron chi connectivity index (χ2n) is 12.9. The van der Waals surface area contributed by atoms with Gasteiger partial charge in [0.15, 0.2) is 0 Å². The molecule has 0 aliphatic carbocycles. The van der Waals surface area contributed by atoms with E-state index in [2.05, 4.69) is 5.32 Å². The lowest BCUT2D eigenvalue weighted by Gasteiger charge is -2.35. The van der Waals surface area contributed by atoms with Gasteiger partial charge in [0.2, 0.25) is 11.8 Å². The Labute approximate surface area is 298 Å². The predicted octanol–water partition coefficient (Wildman–Crippen LogP) is 6.62. The van der Waals surface area contributed by atoms with E-state index in [1.165, 1.54) is 49.3 Å². The van der Waals surface area contributed by atoms with Gasteiger partial charge in [0, 0.05) is 35.2 Å². The number of carbonyl (C=O) groups excluding carboxylic acids is 2. The highest BCUT2D eigenvalue weighted by Gasteiger charge is 2.37. The highest BCUT2D eigenvalue weighted by molar-refractivity contribution is 7.92. The van der Waals surface area contributed by atoms with Crippen LogP contribution >= 0.6 is 11.6 Å². The first-order valence-corrected chi connectivity index (χ1v) is 17.6. The van der Waals surface area contributed by atoms with Crippen LogP contribution in [0.1, 0.15) is 43.0 Å². The zero-order valence-electron chi connectivity index (χ0n) is 28.8. The Kier molecular flexibility index (Phi) is 11.9. The van der Waals surface area contributed by atoms with Crippen LogP contribution in [0.25, 0.3) is 0 Å². The van der Waals surface area contributed by atoms with Gasteiger partial charge in [0.1, 0.15) is 18.3 Å². The molecule has 0 saturated carbocycles. The van der Waals surface area contributed by atoms with Crippen LogP contribution in [0.5, 0.6) is 5.75 Å². The maximum absolute atomic E-state index is 14.8. The van der Waals surface area contributed by atoms with Gasteiger partial charge in [-0.15, -0.1) is 0 Å². The predicted molar refractivity (Wildman–Crippen MR) is 194 cm³/mol. The molecule has 0 heterocycles. The van der Waals surface area contributed by atoms with E-state index in [0.717, 1.165) is 27.1 Å². The van der Waals surface area contributed by atoms with Crippen LogP contribution < -0.4 is 14.4 Å². The molecule has 264 valence electrons. The quantitative estimate of drug-likeness (QED) is 0.121. The van der Waals surface area contributed by atoms with Crippen LogP contribution in [0.3, 0.4) is 0 Å². The molecule has 11 nitrogen and oxygen atoms in total. The molecule has 0 spiro atoms. The molecule has 0 fully saturated rings. The summed E-state index contributed by atoms with van der Waals surface area (Å²) in [5, 5.41) is 15.0. The Morgan fingerprint density at radius 1 is 0.940 bits per heavy atom. The number of nitrogens with zero attached hydrogens (tertiary/aromatic N) is 3. The maximum Gasteiger partial charge on any atom is 0.273 e. The maximum atomic E-state index is 14.8. The van der Waals surface area contributed by atoms with Crippen LogP contribution in [0, 0.1) is 24.0 Å². The second kappa shape index (κ2) is 15.7. The topological polar surface area (TPSA) is 139 Å². The van der Waals surface area contributed by atoms with Crippen molar-refractivity contribution in [3.8, 4) is 5.75 Å². The monoisotopic (exact) mass is 720 g/mol. The van der Waals surface area contributed by atoms with Crippen LogP contribution in [-0.4, -0.2) is 55.3 Å². The summed E-state index contributed by atoms with van der Waals surface area (Å²) in [6.45, 7) is 8.07. The summed E-state index contributed by atoms with van der Waals surface area (Å²) in [5.74, 6) is -1.04. The van der Waals surface area contributed by atoms with Crippen molar-refractivity contribution in [1.82, 2.24) is 10.2 Å². The van der Waals surface area contributed by atoms with E-state index in [1.807, 2.05) is 82.3 Å². The van der Waals surface area contributed by atoms with Crippen LogP contribution in [0.15, 0.2) is 95.9 Å². The van der Waals surface area contributed by atoms with Crippen molar-refractivity contribution in [2.24, 2.45) is 0 Å². The van der Waals surface area contributed by atoms with E-state index in [9.17, 15) is 28.1 Å². The summed E-state index contributed by atoms with van der Waals surface area (Å²) >= 11 is 6.35. The molecule has 4 aromatic rings. The average molecular weight is 721 g/mol. The van der Waals surface area contributed by atoms with Gasteiger partial charge in [0.25, 0.3) is 15.7 Å². The minimum Gasteiger partial charge on any atom is -0.495 e. The number of ether oxygens (including phenoxy) is 1. The third-order valence-electron chi connectivity index (χ3n) is 8.02. The van der Waals surface area contributed by atoms with Gasteiger partial charge in [-0.25, -0.2) is 8.42 Å². The second-order valence-corrected chi connectivity index (χ2v) is 15.2. The number of anilines is 1. The van der Waals surface area contributed by atoms with Gasteiger partial charge >= 0.3 is 0 Å². The Morgan fingerprint density at radius 2 is 1.60 bits per heavy atom. The number of hydrogen-bond acceptors (Lipinski definition) is 7. The summed E-state index contributed by atoms with van der Waals surface area (Å²) in [6, 6.07) is 23.4. The van der Waals surface area contributed by atoms with E-state index < -0.39 is 55.5 Å². The highest BCUT2D eigenvalue weighted by Crippen LogP contribution is 2.36. The molecule has 4 aromatic carbocycles. The highest BCUT2D eigenvalue weighted by atomic mass is 35.5. The normalized spacial score (nSPS) is 12.1. The lowest BCUT2D eigenvalue weighted by molar-refractivity contribution is -0.385. The van der Waals surface area contributed by atoms with Gasteiger partial charge in [-0.05, 0) is 75.6 Å². The van der Waals surface area contributed by atoms with Gasteiger partial charge in [-0.3, -0.25) is 24.0 Å². The number of amides is 2. The first-order chi connectivity index (χ1) is 23.5. The number of aryl methyl sites for hydroxylation is 2. The summed E-state index contributed by atoms with van der Waals surface area (Å²) in [6.07, 6.45) is 0.137. The molecule has 0 saturated heterocycles. The standard InChI is InChI=1S/C37H41ClN4O7S/c1-25-12-10-11-15-28(25)23-40(33(36(44)39-37(3,4)5)20-27-13-8-7-9-14-27)35(43)24-41(32-21-29(38)17-19-34(32)49-6)50(47,48)30-18-16-26(2)31(22-30)42(45)46/h7-19,21-22,33H,20,23-24H2,1-6H3,(H,39,44). The molecule has 1 unspecified atom stereocenters. The van der Waals surface area contributed by atoms with E-state index >= 15 is 0 Å². The van der Waals surface area contributed by atoms with Crippen molar-refractivity contribution < 1.29 is 27.7 Å². The summed E-state index contributed by atoms with van der Waals surface area (Å²) in [4.78, 5) is 41.0. The number of benzene rings is 4. The van der Waals surface area contributed by atoms with E-state index in [0.29, 0.717) is 0 Å². The van der Waals surface area contributed by atoms with E-state index in [1.54, 1.807) is 0 Å². The van der Waals surface area contributed by atoms with E-state index in [-0.39, 0.29) is 35.0 Å². The van der Waals surface area contributed by atoms with Gasteiger partial charge < -0.3 is 15.0 Å². The van der Waals surface area contributed by atoms with Crippen molar-refractivity contribution in [2.75, 3.05) is 18.0 Å². The van der Waals surface area contributed by atoms with Crippen LogP contribution in [0.2, 0.25) is 5.02 Å². The van der Waals surface area contributed by atoms with Crippen LogP contribution in [0.4, 0.5) is 11.4 Å². The molecular formula is C37H41ClN4O7S. The minimum absolute atomic E-state index is 0.0167. The fraction of sp³-hybridized carbons (Fsp3) is 0.297. The molecule has 0 aliphatic heterocycles. The molecule has 0 radical (unpaired) electrons. The number of nitrogens with one attached hydrogen (secondary N) is 1. The van der Waals surface area contributed by atoms with Crippen molar-refractivity contribution in [2.45, 2.75) is 64.1 Å². The minimum atomic E-state index is -4.68. The molecule has 1 atom stereocenters. The SMILES string of the molecule is COc1ccc(Cl)cc1N(CC(=O)N(Cc1ccccc1C)C(Cc1ccccc1)C(=O)NC(C)(C)C)S(=O)(=O)c1ccc(C)c([N+](=O)[O-])c1. The summed E-state index contributed by atoms with van der Waals surface area (Å²) < 4.78 is 35.3. The number of nitro benzene ring substituents is 1. The molecule has 0 aliphatic rings. The zero-order valence-corrected chi connectivity index (χ0v) is 30.4. The Hall–Kier alpha value is -4.94. The number of carbonyl (C=O) groups is 2. The van der Waals surface area contributed by atoms with Crippen molar-refractivity contribution in [3.63, 3.8) is 0 Å². The molecule has 50 heavy (non-hydrogen) atoms. The largest absolute Gasteiger partial charge is 0.495 e.